The predicted octanol–water partition coefficient (Wildman–Crippen LogP) is 5.17. The van der Waals surface area contributed by atoms with Crippen LogP contribution in [0.4, 0.5) is 5.69 Å². The van der Waals surface area contributed by atoms with Crippen LogP contribution in [0.3, 0.4) is 0 Å². The fourth-order valence-electron chi connectivity index (χ4n) is 2.47. The minimum atomic E-state index is -0.417. The molecule has 0 radical (unpaired) electrons. The first-order valence-electron chi connectivity index (χ1n) is 8.04. The number of rotatable bonds is 6. The molecule has 0 aliphatic heterocycles. The lowest BCUT2D eigenvalue weighted by Crippen LogP contribution is -2.07. The molecular formula is C19H18N2O4S. The molecule has 0 saturated carbocycles. The Hall–Kier alpha value is -2.93. The second kappa shape index (κ2) is 7.53. The molecule has 2 aromatic carbocycles. The Bertz CT molecular complexity index is 979. The van der Waals surface area contributed by atoms with Gasteiger partial charge in [0.1, 0.15) is 5.01 Å². The molecule has 0 aliphatic carbocycles. The number of nitrogens with zero attached hydrogens (tertiary/aromatic N) is 2. The zero-order valence-electron chi connectivity index (χ0n) is 14.6. The molecule has 0 N–H and O–H groups in total. The van der Waals surface area contributed by atoms with Crippen LogP contribution < -0.4 is 9.47 Å². The molecule has 0 aliphatic rings. The summed E-state index contributed by atoms with van der Waals surface area (Å²) >= 11 is 1.47. The highest BCUT2D eigenvalue weighted by Gasteiger charge is 2.12. The van der Waals surface area contributed by atoms with Gasteiger partial charge < -0.3 is 9.47 Å². The lowest BCUT2D eigenvalue weighted by atomic mass is 10.1. The Balaban J connectivity index is 1.94. The largest absolute Gasteiger partial charge is 0.493 e. The van der Waals surface area contributed by atoms with Crippen LogP contribution in [0.2, 0.25) is 0 Å². The Labute approximate surface area is 154 Å². The molecule has 7 heteroatoms. The molecule has 0 saturated heterocycles. The Morgan fingerprint density at radius 2 is 2.04 bits per heavy atom. The molecule has 3 aromatic rings. The fourth-order valence-corrected chi connectivity index (χ4v) is 3.32. The van der Waals surface area contributed by atoms with Crippen molar-refractivity contribution in [2.75, 3.05) is 7.11 Å². The summed E-state index contributed by atoms with van der Waals surface area (Å²) in [7, 11) is 1.61. The normalized spacial score (nSPS) is 11.4. The molecule has 1 aromatic heterocycles. The number of thiazole rings is 1. The van der Waals surface area contributed by atoms with Crippen LogP contribution in [-0.4, -0.2) is 23.1 Å². The highest BCUT2D eigenvalue weighted by Crippen LogP contribution is 2.34. The van der Waals surface area contributed by atoms with E-state index in [-0.39, 0.29) is 11.8 Å². The number of hydrogen-bond donors (Lipinski definition) is 0. The average molecular weight is 370 g/mol. The van der Waals surface area contributed by atoms with Crippen LogP contribution in [0.15, 0.2) is 36.4 Å². The van der Waals surface area contributed by atoms with Gasteiger partial charge in [-0.25, -0.2) is 4.98 Å². The number of methoxy groups -OCH3 is 1. The van der Waals surface area contributed by atoms with Gasteiger partial charge in [-0.3, -0.25) is 10.1 Å². The van der Waals surface area contributed by atoms with Crippen molar-refractivity contribution in [2.45, 2.75) is 20.0 Å². The van der Waals surface area contributed by atoms with E-state index in [1.165, 1.54) is 23.5 Å². The van der Waals surface area contributed by atoms with Crippen molar-refractivity contribution in [3.05, 3.63) is 57.1 Å². The summed E-state index contributed by atoms with van der Waals surface area (Å²) in [6, 6.07) is 10.4. The monoisotopic (exact) mass is 370 g/mol. The summed E-state index contributed by atoms with van der Waals surface area (Å²) in [5.41, 5.74) is 1.54. The van der Waals surface area contributed by atoms with E-state index in [4.69, 9.17) is 9.47 Å². The van der Waals surface area contributed by atoms with E-state index in [1.807, 2.05) is 44.2 Å². The third kappa shape index (κ3) is 3.83. The van der Waals surface area contributed by atoms with Crippen LogP contribution in [-0.2, 0) is 0 Å². The number of ether oxygens (including phenoxy) is 2. The van der Waals surface area contributed by atoms with Crippen LogP contribution in [0, 0.1) is 10.1 Å². The lowest BCUT2D eigenvalue weighted by Gasteiger charge is -2.15. The van der Waals surface area contributed by atoms with Gasteiger partial charge in [0, 0.05) is 17.7 Å². The number of aromatic nitrogens is 1. The minimum absolute atomic E-state index is 0.0152. The van der Waals surface area contributed by atoms with Gasteiger partial charge in [-0.15, -0.1) is 11.3 Å². The first-order valence-corrected chi connectivity index (χ1v) is 8.86. The standard InChI is InChI=1S/C19H18N2O4S/c1-12(2)25-19-13(5-4-6-16(19)24-3)7-10-18-20-15-11-14(21(22)23)8-9-17(15)26-18/h4-12H,1-3H3/b10-7+. The maximum absolute atomic E-state index is 10.9. The summed E-state index contributed by atoms with van der Waals surface area (Å²) in [6.07, 6.45) is 3.80. The molecule has 0 fully saturated rings. The van der Waals surface area contributed by atoms with Crippen LogP contribution in [0.1, 0.15) is 24.4 Å². The number of non-ortho nitro benzene ring substituents is 1. The van der Waals surface area contributed by atoms with E-state index in [1.54, 1.807) is 13.2 Å². The molecule has 0 unspecified atom stereocenters. The molecule has 1 heterocycles. The molecule has 6 nitrogen and oxygen atoms in total. The highest BCUT2D eigenvalue weighted by molar-refractivity contribution is 7.19. The van der Waals surface area contributed by atoms with E-state index >= 15 is 0 Å². The van der Waals surface area contributed by atoms with Gasteiger partial charge in [0.15, 0.2) is 11.5 Å². The molecule has 0 atom stereocenters. The Morgan fingerprint density at radius 1 is 1.23 bits per heavy atom. The second-order valence-electron chi connectivity index (χ2n) is 5.84. The van der Waals surface area contributed by atoms with Crippen molar-refractivity contribution in [1.29, 1.82) is 0 Å². The molecule has 134 valence electrons. The van der Waals surface area contributed by atoms with Crippen molar-refractivity contribution >= 4 is 39.4 Å². The van der Waals surface area contributed by atoms with Gasteiger partial charge in [-0.2, -0.15) is 0 Å². The van der Waals surface area contributed by atoms with E-state index in [9.17, 15) is 10.1 Å². The molecule has 26 heavy (non-hydrogen) atoms. The molecule has 0 spiro atoms. The van der Waals surface area contributed by atoms with Gasteiger partial charge in [-0.1, -0.05) is 12.1 Å². The predicted molar refractivity (Wildman–Crippen MR) is 104 cm³/mol. The first-order chi connectivity index (χ1) is 12.5. The smallest absolute Gasteiger partial charge is 0.271 e. The van der Waals surface area contributed by atoms with Gasteiger partial charge in [0.2, 0.25) is 0 Å². The highest BCUT2D eigenvalue weighted by atomic mass is 32.1. The van der Waals surface area contributed by atoms with Gasteiger partial charge in [0.05, 0.1) is 28.4 Å². The number of hydrogen-bond acceptors (Lipinski definition) is 6. The molecule has 0 bridgehead atoms. The van der Waals surface area contributed by atoms with E-state index in [0.717, 1.165) is 15.3 Å². The zero-order chi connectivity index (χ0) is 18.7. The number of nitro groups is 1. The summed E-state index contributed by atoms with van der Waals surface area (Å²) in [6.45, 7) is 3.92. The van der Waals surface area contributed by atoms with Gasteiger partial charge in [0.25, 0.3) is 5.69 Å². The molecule has 0 amide bonds. The average Bonchev–Trinajstić information content (AvgIpc) is 3.02. The third-order valence-corrected chi connectivity index (χ3v) is 4.59. The van der Waals surface area contributed by atoms with Crippen molar-refractivity contribution in [3.8, 4) is 11.5 Å². The number of benzene rings is 2. The fraction of sp³-hybridized carbons (Fsp3) is 0.211. The van der Waals surface area contributed by atoms with E-state index in [0.29, 0.717) is 17.0 Å². The maximum Gasteiger partial charge on any atom is 0.271 e. The van der Waals surface area contributed by atoms with Crippen LogP contribution >= 0.6 is 11.3 Å². The third-order valence-electron chi connectivity index (χ3n) is 3.59. The second-order valence-corrected chi connectivity index (χ2v) is 6.90. The first kappa shape index (κ1) is 17.9. The SMILES string of the molecule is COc1cccc(/C=C/c2nc3cc([N+](=O)[O-])ccc3s2)c1OC(C)C. The van der Waals surface area contributed by atoms with Crippen LogP contribution in [0.25, 0.3) is 22.4 Å². The quantitative estimate of drug-likeness (QED) is 0.442. The Kier molecular flexibility index (Phi) is 5.18. The van der Waals surface area contributed by atoms with Crippen LogP contribution in [0.5, 0.6) is 11.5 Å². The van der Waals surface area contributed by atoms with Crippen molar-refractivity contribution in [3.63, 3.8) is 0 Å². The van der Waals surface area contributed by atoms with Gasteiger partial charge in [-0.05, 0) is 38.1 Å². The summed E-state index contributed by atoms with van der Waals surface area (Å²) < 4.78 is 12.2. The minimum Gasteiger partial charge on any atom is -0.493 e. The summed E-state index contributed by atoms with van der Waals surface area (Å²) in [5.74, 6) is 1.35. The number of para-hydroxylation sites is 1. The lowest BCUT2D eigenvalue weighted by molar-refractivity contribution is -0.384. The van der Waals surface area contributed by atoms with Crippen molar-refractivity contribution in [1.82, 2.24) is 4.98 Å². The van der Waals surface area contributed by atoms with Crippen molar-refractivity contribution in [2.24, 2.45) is 0 Å². The van der Waals surface area contributed by atoms with E-state index < -0.39 is 4.92 Å². The number of fused-ring (bicyclic) bond motifs is 1. The Morgan fingerprint density at radius 3 is 2.73 bits per heavy atom. The zero-order valence-corrected chi connectivity index (χ0v) is 15.4. The summed E-state index contributed by atoms with van der Waals surface area (Å²) in [5, 5.41) is 11.7. The van der Waals surface area contributed by atoms with Gasteiger partial charge >= 0.3 is 0 Å². The topological polar surface area (TPSA) is 74.5 Å². The summed E-state index contributed by atoms with van der Waals surface area (Å²) in [4.78, 5) is 14.9. The van der Waals surface area contributed by atoms with E-state index in [2.05, 4.69) is 4.98 Å². The number of nitro benzene ring substituents is 1. The molecule has 3 rings (SSSR count). The maximum atomic E-state index is 10.9. The van der Waals surface area contributed by atoms with Crippen molar-refractivity contribution < 1.29 is 14.4 Å². The molecular weight excluding hydrogens is 352 g/mol.